The van der Waals surface area contributed by atoms with Crippen molar-refractivity contribution in [2.24, 2.45) is 0 Å². The van der Waals surface area contributed by atoms with Gasteiger partial charge in [0.1, 0.15) is 11.4 Å². The minimum Gasteiger partial charge on any atom is -0.493 e. The van der Waals surface area contributed by atoms with Crippen LogP contribution in [0.2, 0.25) is 0 Å². The van der Waals surface area contributed by atoms with E-state index in [9.17, 15) is 19.3 Å². The van der Waals surface area contributed by atoms with E-state index < -0.39 is 16.5 Å². The van der Waals surface area contributed by atoms with Crippen LogP contribution in [0.1, 0.15) is 22.0 Å². The fourth-order valence-electron chi connectivity index (χ4n) is 3.81. The number of nitrogens with one attached hydrogen (secondary N) is 1. The van der Waals surface area contributed by atoms with Crippen molar-refractivity contribution >= 4 is 11.6 Å². The highest BCUT2D eigenvalue weighted by Crippen LogP contribution is 2.46. The average Bonchev–Trinajstić information content (AvgIpc) is 2.84. The van der Waals surface area contributed by atoms with Gasteiger partial charge in [0.25, 0.3) is 5.91 Å². The molecule has 0 spiro atoms. The number of hydrogen-bond acceptors (Lipinski definition) is 8. The topological polar surface area (TPSA) is 112 Å². The molecule has 1 aliphatic heterocycles. The summed E-state index contributed by atoms with van der Waals surface area (Å²) in [6, 6.07) is 6.99. The molecule has 2 aromatic rings. The summed E-state index contributed by atoms with van der Waals surface area (Å²) < 4.78 is 34.5. The standard InChI is InChI=1S/C22H26FN3O7/c1-30-18-12-16(19(26(28)29)21(32-3)20(18)31-2)22(27)24-13-17(25-8-10-33-11-9-25)14-4-6-15(23)7-5-14/h4-7,12,17H,8-11,13H2,1-3H3,(H,24,27)/t17-/m0/s1. The van der Waals surface area contributed by atoms with Gasteiger partial charge in [0.05, 0.1) is 45.5 Å². The molecule has 1 N–H and O–H groups in total. The number of nitro groups is 1. The Kier molecular flexibility index (Phi) is 8.01. The first kappa shape index (κ1) is 24.2. The van der Waals surface area contributed by atoms with Crippen LogP contribution in [0.15, 0.2) is 30.3 Å². The van der Waals surface area contributed by atoms with E-state index in [0.29, 0.717) is 26.3 Å². The number of benzene rings is 2. The summed E-state index contributed by atoms with van der Waals surface area (Å²) in [5.74, 6) is -1.12. The van der Waals surface area contributed by atoms with Crippen LogP contribution in [-0.2, 0) is 4.74 Å². The van der Waals surface area contributed by atoms with Gasteiger partial charge in [-0.1, -0.05) is 12.1 Å². The molecule has 1 saturated heterocycles. The second-order valence-corrected chi connectivity index (χ2v) is 7.22. The highest BCUT2D eigenvalue weighted by molar-refractivity contribution is 6.00. The van der Waals surface area contributed by atoms with E-state index in [1.165, 1.54) is 39.5 Å². The number of nitro benzene ring substituents is 1. The maximum absolute atomic E-state index is 13.5. The Morgan fingerprint density at radius 2 is 1.79 bits per heavy atom. The lowest BCUT2D eigenvalue weighted by atomic mass is 10.0. The third-order valence-electron chi connectivity index (χ3n) is 5.43. The van der Waals surface area contributed by atoms with Crippen molar-refractivity contribution in [1.82, 2.24) is 10.2 Å². The lowest BCUT2D eigenvalue weighted by Crippen LogP contribution is -2.43. The minimum absolute atomic E-state index is 0.0146. The highest BCUT2D eigenvalue weighted by atomic mass is 19.1. The van der Waals surface area contributed by atoms with Crippen LogP contribution in [-0.4, -0.2) is 69.9 Å². The highest BCUT2D eigenvalue weighted by Gasteiger charge is 2.33. The third kappa shape index (κ3) is 5.32. The van der Waals surface area contributed by atoms with E-state index in [1.54, 1.807) is 12.1 Å². The van der Waals surface area contributed by atoms with Crippen molar-refractivity contribution in [2.45, 2.75) is 6.04 Å². The van der Waals surface area contributed by atoms with Gasteiger partial charge in [-0.2, -0.15) is 0 Å². The van der Waals surface area contributed by atoms with Gasteiger partial charge in [-0.05, 0) is 17.7 Å². The summed E-state index contributed by atoms with van der Waals surface area (Å²) in [4.78, 5) is 26.3. The lowest BCUT2D eigenvalue weighted by Gasteiger charge is -2.35. The first-order valence-electron chi connectivity index (χ1n) is 10.2. The van der Waals surface area contributed by atoms with Crippen molar-refractivity contribution in [2.75, 3.05) is 54.2 Å². The molecule has 0 aliphatic carbocycles. The number of morpholine rings is 1. The Balaban J connectivity index is 1.92. The van der Waals surface area contributed by atoms with Crippen LogP contribution < -0.4 is 19.5 Å². The average molecular weight is 463 g/mol. The molecule has 11 heteroatoms. The molecular formula is C22H26FN3O7. The Labute approximate surface area is 190 Å². The van der Waals surface area contributed by atoms with Gasteiger partial charge in [-0.3, -0.25) is 19.8 Å². The smallest absolute Gasteiger partial charge is 0.327 e. The second-order valence-electron chi connectivity index (χ2n) is 7.22. The molecule has 0 unspecified atom stereocenters. The summed E-state index contributed by atoms with van der Waals surface area (Å²) in [6.07, 6.45) is 0. The molecule has 0 aromatic heterocycles. The molecule has 1 aliphatic rings. The molecule has 1 heterocycles. The molecule has 10 nitrogen and oxygen atoms in total. The molecule has 178 valence electrons. The summed E-state index contributed by atoms with van der Waals surface area (Å²) in [5.41, 5.74) is 0.0460. The monoisotopic (exact) mass is 463 g/mol. The van der Waals surface area contributed by atoms with Crippen LogP contribution in [0.3, 0.4) is 0 Å². The van der Waals surface area contributed by atoms with Gasteiger partial charge in [-0.25, -0.2) is 4.39 Å². The van der Waals surface area contributed by atoms with Crippen molar-refractivity contribution in [3.8, 4) is 17.2 Å². The van der Waals surface area contributed by atoms with Gasteiger partial charge >= 0.3 is 5.69 Å². The summed E-state index contributed by atoms with van der Waals surface area (Å²) in [6.45, 7) is 2.46. The number of carbonyl (C=O) groups is 1. The first-order valence-corrected chi connectivity index (χ1v) is 10.2. The van der Waals surface area contributed by atoms with Gasteiger partial charge in [-0.15, -0.1) is 0 Å². The molecule has 0 bridgehead atoms. The number of halogens is 1. The fraction of sp³-hybridized carbons (Fsp3) is 0.409. The number of ether oxygens (including phenoxy) is 4. The Morgan fingerprint density at radius 3 is 2.33 bits per heavy atom. The maximum Gasteiger partial charge on any atom is 0.327 e. The SMILES string of the molecule is COc1cc(C(=O)NC[C@@H](c2ccc(F)cc2)N2CCOCC2)c([N+](=O)[O-])c(OC)c1OC. The van der Waals surface area contributed by atoms with Gasteiger partial charge in [0.2, 0.25) is 11.5 Å². The maximum atomic E-state index is 13.5. The minimum atomic E-state index is -0.699. The Morgan fingerprint density at radius 1 is 1.15 bits per heavy atom. The van der Waals surface area contributed by atoms with Crippen LogP contribution in [0.25, 0.3) is 0 Å². The first-order chi connectivity index (χ1) is 15.9. The largest absolute Gasteiger partial charge is 0.493 e. The zero-order valence-corrected chi connectivity index (χ0v) is 18.6. The number of amides is 1. The van der Waals surface area contributed by atoms with E-state index in [-0.39, 0.29) is 41.2 Å². The summed E-state index contributed by atoms with van der Waals surface area (Å²) in [7, 11) is 3.92. The zero-order valence-electron chi connectivity index (χ0n) is 18.6. The summed E-state index contributed by atoms with van der Waals surface area (Å²) in [5, 5.41) is 14.6. The van der Waals surface area contributed by atoms with E-state index in [0.717, 1.165) is 5.56 Å². The number of nitrogens with zero attached hydrogens (tertiary/aromatic N) is 2. The van der Waals surface area contributed by atoms with E-state index >= 15 is 0 Å². The van der Waals surface area contributed by atoms with Crippen LogP contribution in [0, 0.1) is 15.9 Å². The van der Waals surface area contributed by atoms with E-state index in [1.807, 2.05) is 0 Å². The van der Waals surface area contributed by atoms with Crippen LogP contribution >= 0.6 is 0 Å². The summed E-state index contributed by atoms with van der Waals surface area (Å²) >= 11 is 0. The van der Waals surface area contributed by atoms with Gasteiger partial charge < -0.3 is 24.3 Å². The van der Waals surface area contributed by atoms with Crippen molar-refractivity contribution in [3.63, 3.8) is 0 Å². The molecule has 0 radical (unpaired) electrons. The quantitative estimate of drug-likeness (QED) is 0.446. The lowest BCUT2D eigenvalue weighted by molar-refractivity contribution is -0.386. The predicted molar refractivity (Wildman–Crippen MR) is 117 cm³/mol. The second kappa shape index (κ2) is 10.9. The van der Waals surface area contributed by atoms with E-state index in [4.69, 9.17) is 18.9 Å². The number of methoxy groups -OCH3 is 3. The molecule has 1 atom stereocenters. The normalized spacial score (nSPS) is 14.9. The van der Waals surface area contributed by atoms with Crippen LogP contribution in [0.4, 0.5) is 10.1 Å². The fourth-order valence-corrected chi connectivity index (χ4v) is 3.81. The molecular weight excluding hydrogens is 437 g/mol. The molecule has 33 heavy (non-hydrogen) atoms. The zero-order chi connectivity index (χ0) is 24.0. The number of rotatable bonds is 9. The number of hydrogen-bond donors (Lipinski definition) is 1. The predicted octanol–water partition coefficient (Wildman–Crippen LogP) is 2.56. The molecule has 1 amide bonds. The van der Waals surface area contributed by atoms with Crippen molar-refractivity contribution < 1.29 is 33.1 Å². The molecule has 0 saturated carbocycles. The van der Waals surface area contributed by atoms with Crippen molar-refractivity contribution in [1.29, 1.82) is 0 Å². The molecule has 3 rings (SSSR count). The van der Waals surface area contributed by atoms with Crippen LogP contribution in [0.5, 0.6) is 17.2 Å². The Bertz CT molecular complexity index is 994. The molecule has 1 fully saturated rings. The van der Waals surface area contributed by atoms with Crippen molar-refractivity contribution in [3.05, 3.63) is 57.4 Å². The third-order valence-corrected chi connectivity index (χ3v) is 5.43. The van der Waals surface area contributed by atoms with Gasteiger partial charge in [0, 0.05) is 25.7 Å². The molecule has 2 aromatic carbocycles. The Hall–Kier alpha value is -3.44. The van der Waals surface area contributed by atoms with E-state index in [2.05, 4.69) is 10.2 Å². The van der Waals surface area contributed by atoms with Gasteiger partial charge in [0.15, 0.2) is 5.75 Å². The number of carbonyl (C=O) groups excluding carboxylic acids is 1.